The molecule has 0 spiro atoms. The van der Waals surface area contributed by atoms with Gasteiger partial charge in [0.15, 0.2) is 0 Å². The van der Waals surface area contributed by atoms with E-state index in [0.29, 0.717) is 16.8 Å². The molecule has 0 aromatic heterocycles. The van der Waals surface area contributed by atoms with Gasteiger partial charge in [0.25, 0.3) is 15.9 Å². The summed E-state index contributed by atoms with van der Waals surface area (Å²) in [7, 11) is -3.69. The van der Waals surface area contributed by atoms with E-state index in [4.69, 9.17) is 0 Å². The first-order chi connectivity index (χ1) is 14.7. The molecule has 1 amide bonds. The van der Waals surface area contributed by atoms with Crippen LogP contribution >= 0.6 is 0 Å². The number of benzene rings is 3. The minimum absolute atomic E-state index is 0.0210. The van der Waals surface area contributed by atoms with Crippen LogP contribution in [0.3, 0.4) is 0 Å². The number of amides is 1. The van der Waals surface area contributed by atoms with E-state index >= 15 is 0 Å². The SMILES string of the molecule is Cc1ccc(S(=O)(=O)Nc2ccc(C(=O)N[C@@H](C)CCc3ccccc3)cc2C)cc1. The molecule has 2 N–H and O–H groups in total. The van der Waals surface area contributed by atoms with Crippen molar-refractivity contribution in [3.8, 4) is 0 Å². The molecule has 3 aromatic carbocycles. The van der Waals surface area contributed by atoms with Gasteiger partial charge in [-0.15, -0.1) is 0 Å². The molecule has 0 radical (unpaired) electrons. The Bertz CT molecular complexity index is 1140. The van der Waals surface area contributed by atoms with Crippen LogP contribution in [0.25, 0.3) is 0 Å². The second kappa shape index (κ2) is 9.79. The van der Waals surface area contributed by atoms with Crippen molar-refractivity contribution in [1.29, 1.82) is 0 Å². The predicted octanol–water partition coefficient (Wildman–Crippen LogP) is 4.86. The van der Waals surface area contributed by atoms with Gasteiger partial charge in [0.2, 0.25) is 0 Å². The number of carbonyl (C=O) groups excluding carboxylic acids is 1. The lowest BCUT2D eigenvalue weighted by Gasteiger charge is -2.15. The van der Waals surface area contributed by atoms with Crippen molar-refractivity contribution >= 4 is 21.6 Å². The largest absolute Gasteiger partial charge is 0.350 e. The average Bonchev–Trinajstić information content (AvgIpc) is 2.74. The Kier molecular flexibility index (Phi) is 7.13. The van der Waals surface area contributed by atoms with E-state index in [1.165, 1.54) is 5.56 Å². The summed E-state index contributed by atoms with van der Waals surface area (Å²) >= 11 is 0. The second-order valence-electron chi connectivity index (χ2n) is 7.85. The quantitative estimate of drug-likeness (QED) is 0.530. The minimum Gasteiger partial charge on any atom is -0.350 e. The van der Waals surface area contributed by atoms with Gasteiger partial charge in [0.05, 0.1) is 10.6 Å². The van der Waals surface area contributed by atoms with Crippen molar-refractivity contribution < 1.29 is 13.2 Å². The zero-order chi connectivity index (χ0) is 22.4. The molecule has 1 atom stereocenters. The third-order valence-electron chi connectivity index (χ3n) is 5.15. The fourth-order valence-electron chi connectivity index (χ4n) is 3.25. The molecule has 6 heteroatoms. The molecule has 0 saturated heterocycles. The number of sulfonamides is 1. The maximum atomic E-state index is 12.6. The van der Waals surface area contributed by atoms with Crippen LogP contribution in [0.1, 0.15) is 40.4 Å². The highest BCUT2D eigenvalue weighted by atomic mass is 32.2. The van der Waals surface area contributed by atoms with Crippen LogP contribution in [0, 0.1) is 13.8 Å². The summed E-state index contributed by atoms with van der Waals surface area (Å²) in [4.78, 5) is 12.8. The molecule has 0 heterocycles. The van der Waals surface area contributed by atoms with Gasteiger partial charge in [-0.1, -0.05) is 48.0 Å². The molecule has 0 aliphatic heterocycles. The van der Waals surface area contributed by atoms with E-state index in [9.17, 15) is 13.2 Å². The first kappa shape index (κ1) is 22.6. The van der Waals surface area contributed by atoms with Crippen molar-refractivity contribution in [2.75, 3.05) is 4.72 Å². The number of hydrogen-bond donors (Lipinski definition) is 2. The molecule has 31 heavy (non-hydrogen) atoms. The number of aryl methyl sites for hydroxylation is 3. The predicted molar refractivity (Wildman–Crippen MR) is 125 cm³/mol. The van der Waals surface area contributed by atoms with Crippen LogP contribution in [0.4, 0.5) is 5.69 Å². The Hall–Kier alpha value is -3.12. The van der Waals surface area contributed by atoms with E-state index in [-0.39, 0.29) is 16.8 Å². The van der Waals surface area contributed by atoms with Crippen LogP contribution in [-0.4, -0.2) is 20.4 Å². The Morgan fingerprint density at radius 3 is 2.26 bits per heavy atom. The molecular weight excluding hydrogens is 408 g/mol. The fraction of sp³-hybridized carbons (Fsp3) is 0.240. The maximum Gasteiger partial charge on any atom is 0.261 e. The lowest BCUT2D eigenvalue weighted by atomic mass is 10.1. The average molecular weight is 437 g/mol. The van der Waals surface area contributed by atoms with Crippen molar-refractivity contribution in [2.45, 2.75) is 44.6 Å². The van der Waals surface area contributed by atoms with Crippen molar-refractivity contribution in [2.24, 2.45) is 0 Å². The minimum atomic E-state index is -3.69. The molecule has 0 bridgehead atoms. The number of nitrogens with one attached hydrogen (secondary N) is 2. The molecule has 0 unspecified atom stereocenters. The molecule has 3 rings (SSSR count). The van der Waals surface area contributed by atoms with Crippen LogP contribution in [-0.2, 0) is 16.4 Å². The first-order valence-corrected chi connectivity index (χ1v) is 11.8. The molecule has 5 nitrogen and oxygen atoms in total. The highest BCUT2D eigenvalue weighted by Gasteiger charge is 2.16. The summed E-state index contributed by atoms with van der Waals surface area (Å²) in [5, 5.41) is 3.01. The van der Waals surface area contributed by atoms with Crippen LogP contribution in [0.5, 0.6) is 0 Å². The van der Waals surface area contributed by atoms with Gasteiger partial charge in [-0.25, -0.2) is 8.42 Å². The summed E-state index contributed by atoms with van der Waals surface area (Å²) in [6.07, 6.45) is 1.73. The third-order valence-corrected chi connectivity index (χ3v) is 6.53. The van der Waals surface area contributed by atoms with Crippen LogP contribution < -0.4 is 10.0 Å². The Morgan fingerprint density at radius 1 is 0.935 bits per heavy atom. The molecule has 0 aliphatic carbocycles. The lowest BCUT2D eigenvalue weighted by Crippen LogP contribution is -2.33. The zero-order valence-electron chi connectivity index (χ0n) is 18.1. The van der Waals surface area contributed by atoms with Crippen molar-refractivity contribution in [1.82, 2.24) is 5.32 Å². The Morgan fingerprint density at radius 2 is 1.61 bits per heavy atom. The zero-order valence-corrected chi connectivity index (χ0v) is 18.9. The van der Waals surface area contributed by atoms with E-state index in [0.717, 1.165) is 18.4 Å². The number of anilines is 1. The smallest absolute Gasteiger partial charge is 0.261 e. The summed E-state index contributed by atoms with van der Waals surface area (Å²) in [6, 6.07) is 21.8. The van der Waals surface area contributed by atoms with Crippen LogP contribution in [0.15, 0.2) is 77.7 Å². The Balaban J connectivity index is 1.63. The molecule has 0 saturated carbocycles. The van der Waals surface area contributed by atoms with E-state index in [1.807, 2.05) is 32.0 Å². The fourth-order valence-corrected chi connectivity index (χ4v) is 4.38. The summed E-state index contributed by atoms with van der Waals surface area (Å²) in [6.45, 7) is 5.67. The van der Waals surface area contributed by atoms with Gasteiger partial charge in [0, 0.05) is 11.6 Å². The van der Waals surface area contributed by atoms with Gasteiger partial charge >= 0.3 is 0 Å². The third kappa shape index (κ3) is 6.18. The molecular formula is C25H28N2O3S. The monoisotopic (exact) mass is 436 g/mol. The van der Waals surface area contributed by atoms with Gasteiger partial charge < -0.3 is 5.32 Å². The van der Waals surface area contributed by atoms with Gasteiger partial charge in [-0.2, -0.15) is 0 Å². The lowest BCUT2D eigenvalue weighted by molar-refractivity contribution is 0.0938. The highest BCUT2D eigenvalue weighted by Crippen LogP contribution is 2.21. The standard InChI is InChI=1S/C25H28N2O3S/c1-18-9-14-23(15-10-18)31(29,30)27-24-16-13-22(17-19(24)2)25(28)26-20(3)11-12-21-7-5-4-6-8-21/h4-10,13-17,20,27H,11-12H2,1-3H3,(H,26,28)/t20-/m0/s1. The normalized spacial score (nSPS) is 12.2. The molecule has 0 aliphatic rings. The Labute approximate surface area is 184 Å². The first-order valence-electron chi connectivity index (χ1n) is 10.3. The van der Waals surface area contributed by atoms with Gasteiger partial charge in [0.1, 0.15) is 0 Å². The van der Waals surface area contributed by atoms with Crippen molar-refractivity contribution in [3.63, 3.8) is 0 Å². The summed E-state index contributed by atoms with van der Waals surface area (Å²) < 4.78 is 27.9. The van der Waals surface area contributed by atoms with Crippen molar-refractivity contribution in [3.05, 3.63) is 95.1 Å². The number of hydrogen-bond acceptors (Lipinski definition) is 3. The van der Waals surface area contributed by atoms with Gasteiger partial charge in [-0.05, 0) is 75.1 Å². The molecule has 0 fully saturated rings. The number of rotatable bonds is 8. The van der Waals surface area contributed by atoms with E-state index in [1.54, 1.807) is 49.4 Å². The van der Waals surface area contributed by atoms with Gasteiger partial charge in [-0.3, -0.25) is 9.52 Å². The van der Waals surface area contributed by atoms with Crippen LogP contribution in [0.2, 0.25) is 0 Å². The maximum absolute atomic E-state index is 12.6. The molecule has 3 aromatic rings. The summed E-state index contributed by atoms with van der Waals surface area (Å²) in [5.74, 6) is -0.170. The second-order valence-corrected chi connectivity index (χ2v) is 9.53. The number of carbonyl (C=O) groups is 1. The summed E-state index contributed by atoms with van der Waals surface area (Å²) in [5.41, 5.74) is 3.87. The highest BCUT2D eigenvalue weighted by molar-refractivity contribution is 7.92. The van der Waals surface area contributed by atoms with E-state index in [2.05, 4.69) is 22.2 Å². The van der Waals surface area contributed by atoms with E-state index < -0.39 is 10.0 Å². The molecule has 162 valence electrons. The topological polar surface area (TPSA) is 75.3 Å².